The van der Waals surface area contributed by atoms with Crippen LogP contribution in [0.4, 0.5) is 11.4 Å². The summed E-state index contributed by atoms with van der Waals surface area (Å²) in [6.07, 6.45) is 0. The van der Waals surface area contributed by atoms with Crippen LogP contribution in [0, 0.1) is 0 Å². The summed E-state index contributed by atoms with van der Waals surface area (Å²) in [6, 6.07) is 13.6. The molecule has 1 aliphatic rings. The number of hydrogen-bond acceptors (Lipinski definition) is 4. The highest BCUT2D eigenvalue weighted by atomic mass is 79.9. The van der Waals surface area contributed by atoms with Crippen LogP contribution in [0.2, 0.25) is 5.02 Å². The molecule has 0 unspecified atom stereocenters. The first-order valence-corrected chi connectivity index (χ1v) is 10.2. The Kier molecular flexibility index (Phi) is 5.18. The molecule has 3 aromatic rings. The van der Waals surface area contributed by atoms with Gasteiger partial charge in [0, 0.05) is 33.3 Å². The van der Waals surface area contributed by atoms with Gasteiger partial charge in [-0.3, -0.25) is 4.79 Å². The summed E-state index contributed by atoms with van der Waals surface area (Å²) in [6.45, 7) is 3.19. The molecule has 0 atom stereocenters. The topological polar surface area (TPSA) is 41.6 Å². The second-order valence-corrected chi connectivity index (χ2v) is 8.25. The Balaban J connectivity index is 1.55. The van der Waals surface area contributed by atoms with E-state index in [1.807, 2.05) is 42.5 Å². The van der Waals surface area contributed by atoms with Gasteiger partial charge in [0.2, 0.25) is 0 Å². The summed E-state index contributed by atoms with van der Waals surface area (Å²) in [4.78, 5) is 15.5. The van der Waals surface area contributed by atoms with Crippen LogP contribution >= 0.6 is 38.9 Å². The number of nitrogens with one attached hydrogen (secondary N) is 1. The molecule has 4 nitrogen and oxygen atoms in total. The van der Waals surface area contributed by atoms with Crippen molar-refractivity contribution in [1.82, 2.24) is 0 Å². The predicted octanol–water partition coefficient (Wildman–Crippen LogP) is 5.41. The Morgan fingerprint density at radius 1 is 1.19 bits per heavy atom. The molecule has 1 amide bonds. The minimum atomic E-state index is -0.192. The van der Waals surface area contributed by atoms with Gasteiger partial charge in [0.1, 0.15) is 4.88 Å². The van der Waals surface area contributed by atoms with Gasteiger partial charge in [-0.2, -0.15) is 0 Å². The number of ether oxygens (including phenoxy) is 1. The molecule has 1 aliphatic heterocycles. The van der Waals surface area contributed by atoms with E-state index in [-0.39, 0.29) is 5.91 Å². The number of amides is 1. The van der Waals surface area contributed by atoms with E-state index in [9.17, 15) is 4.79 Å². The highest BCUT2D eigenvalue weighted by Gasteiger charge is 2.18. The van der Waals surface area contributed by atoms with Crippen molar-refractivity contribution in [2.24, 2.45) is 0 Å². The standard InChI is InChI=1S/C19H16BrClN2O2S/c20-14-11-12(5-6-15(14)23-7-9-25-10-8-23)22-19(24)18-17(21)13-3-1-2-4-16(13)26-18/h1-6,11H,7-10H2,(H,22,24). The lowest BCUT2D eigenvalue weighted by molar-refractivity contribution is 0.103. The number of nitrogens with zero attached hydrogens (tertiary/aromatic N) is 1. The van der Waals surface area contributed by atoms with Crippen LogP contribution in [-0.4, -0.2) is 32.2 Å². The van der Waals surface area contributed by atoms with Gasteiger partial charge in [0.15, 0.2) is 0 Å². The van der Waals surface area contributed by atoms with Crippen molar-refractivity contribution in [3.8, 4) is 0 Å². The van der Waals surface area contributed by atoms with Gasteiger partial charge in [0.25, 0.3) is 5.91 Å². The second kappa shape index (κ2) is 7.56. The van der Waals surface area contributed by atoms with Crippen LogP contribution in [-0.2, 0) is 4.74 Å². The van der Waals surface area contributed by atoms with Crippen LogP contribution < -0.4 is 10.2 Å². The Hall–Kier alpha value is -1.60. The number of thiophene rings is 1. The molecule has 2 aromatic carbocycles. The molecule has 1 saturated heterocycles. The first kappa shape index (κ1) is 17.8. The highest BCUT2D eigenvalue weighted by Crippen LogP contribution is 2.36. The van der Waals surface area contributed by atoms with Crippen molar-refractivity contribution in [2.75, 3.05) is 36.5 Å². The number of benzene rings is 2. The molecule has 1 aromatic heterocycles. The normalized spacial score (nSPS) is 14.6. The number of carbonyl (C=O) groups is 1. The molecular weight excluding hydrogens is 436 g/mol. The smallest absolute Gasteiger partial charge is 0.267 e. The maximum Gasteiger partial charge on any atom is 0.267 e. The minimum absolute atomic E-state index is 0.192. The van der Waals surface area contributed by atoms with E-state index in [0.717, 1.165) is 52.2 Å². The molecule has 0 radical (unpaired) electrons. The fourth-order valence-electron chi connectivity index (χ4n) is 2.99. The van der Waals surface area contributed by atoms with Gasteiger partial charge in [-0.25, -0.2) is 0 Å². The fraction of sp³-hybridized carbons (Fsp3) is 0.211. The Morgan fingerprint density at radius 3 is 2.69 bits per heavy atom. The van der Waals surface area contributed by atoms with Gasteiger partial charge in [0.05, 0.1) is 23.9 Å². The Labute approximate surface area is 168 Å². The summed E-state index contributed by atoms with van der Waals surface area (Å²) in [5.41, 5.74) is 1.83. The van der Waals surface area contributed by atoms with E-state index in [4.69, 9.17) is 16.3 Å². The Morgan fingerprint density at radius 2 is 1.96 bits per heavy atom. The van der Waals surface area contributed by atoms with Gasteiger partial charge >= 0.3 is 0 Å². The van der Waals surface area contributed by atoms with Crippen molar-refractivity contribution in [3.63, 3.8) is 0 Å². The maximum atomic E-state index is 12.7. The minimum Gasteiger partial charge on any atom is -0.378 e. The molecule has 0 spiro atoms. The molecular formula is C19H16BrClN2O2S. The number of rotatable bonds is 3. The van der Waals surface area contributed by atoms with Crippen LogP contribution in [0.25, 0.3) is 10.1 Å². The number of halogens is 2. The van der Waals surface area contributed by atoms with E-state index >= 15 is 0 Å². The predicted molar refractivity (Wildman–Crippen MR) is 112 cm³/mol. The van der Waals surface area contributed by atoms with Crippen molar-refractivity contribution in [1.29, 1.82) is 0 Å². The third-order valence-electron chi connectivity index (χ3n) is 4.30. The van der Waals surface area contributed by atoms with E-state index in [2.05, 4.69) is 26.1 Å². The van der Waals surface area contributed by atoms with Crippen LogP contribution in [0.5, 0.6) is 0 Å². The molecule has 0 aliphatic carbocycles. The summed E-state index contributed by atoms with van der Waals surface area (Å²) in [5.74, 6) is -0.192. The molecule has 7 heteroatoms. The molecule has 2 heterocycles. The van der Waals surface area contributed by atoms with Gasteiger partial charge in [-0.1, -0.05) is 29.8 Å². The van der Waals surface area contributed by atoms with Crippen molar-refractivity contribution < 1.29 is 9.53 Å². The van der Waals surface area contributed by atoms with Crippen molar-refractivity contribution in [2.45, 2.75) is 0 Å². The molecule has 0 saturated carbocycles. The number of carbonyl (C=O) groups excluding carboxylic acids is 1. The average Bonchev–Trinajstić information content (AvgIpc) is 3.00. The lowest BCUT2D eigenvalue weighted by atomic mass is 10.2. The summed E-state index contributed by atoms with van der Waals surface area (Å²) in [7, 11) is 0. The second-order valence-electron chi connectivity index (χ2n) is 5.96. The SMILES string of the molecule is O=C(Nc1ccc(N2CCOCC2)c(Br)c1)c1sc2ccccc2c1Cl. The van der Waals surface area contributed by atoms with Gasteiger partial charge < -0.3 is 15.0 Å². The third kappa shape index (κ3) is 3.47. The monoisotopic (exact) mass is 450 g/mol. The molecule has 26 heavy (non-hydrogen) atoms. The highest BCUT2D eigenvalue weighted by molar-refractivity contribution is 9.10. The number of fused-ring (bicyclic) bond motifs is 1. The molecule has 4 rings (SSSR count). The number of hydrogen-bond donors (Lipinski definition) is 1. The zero-order chi connectivity index (χ0) is 18.1. The van der Waals surface area contributed by atoms with E-state index in [1.54, 1.807) is 0 Å². The number of morpholine rings is 1. The van der Waals surface area contributed by atoms with Crippen molar-refractivity contribution >= 4 is 66.2 Å². The lowest BCUT2D eigenvalue weighted by Crippen LogP contribution is -2.36. The third-order valence-corrected chi connectivity index (χ3v) is 6.61. The van der Waals surface area contributed by atoms with Crippen LogP contribution in [0.15, 0.2) is 46.9 Å². The zero-order valence-corrected chi connectivity index (χ0v) is 17.0. The first-order chi connectivity index (χ1) is 12.6. The average molecular weight is 452 g/mol. The molecule has 1 fully saturated rings. The van der Waals surface area contributed by atoms with Crippen LogP contribution in [0.1, 0.15) is 9.67 Å². The lowest BCUT2D eigenvalue weighted by Gasteiger charge is -2.29. The largest absolute Gasteiger partial charge is 0.378 e. The molecule has 134 valence electrons. The van der Waals surface area contributed by atoms with E-state index in [0.29, 0.717) is 9.90 Å². The quantitative estimate of drug-likeness (QED) is 0.579. The first-order valence-electron chi connectivity index (χ1n) is 8.24. The van der Waals surface area contributed by atoms with Crippen molar-refractivity contribution in [3.05, 3.63) is 56.8 Å². The summed E-state index contributed by atoms with van der Waals surface area (Å²) >= 11 is 11.4. The summed E-state index contributed by atoms with van der Waals surface area (Å²) < 4.78 is 7.35. The van der Waals surface area contributed by atoms with Gasteiger partial charge in [-0.05, 0) is 40.2 Å². The Bertz CT molecular complexity index is 969. The zero-order valence-electron chi connectivity index (χ0n) is 13.8. The number of anilines is 2. The van der Waals surface area contributed by atoms with Gasteiger partial charge in [-0.15, -0.1) is 11.3 Å². The summed E-state index contributed by atoms with van der Waals surface area (Å²) in [5, 5.41) is 4.36. The van der Waals surface area contributed by atoms with E-state index in [1.165, 1.54) is 11.3 Å². The van der Waals surface area contributed by atoms with E-state index < -0.39 is 0 Å². The molecule has 0 bridgehead atoms. The fourth-order valence-corrected chi connectivity index (χ4v) is 5.04. The molecule has 1 N–H and O–H groups in total. The maximum absolute atomic E-state index is 12.7. The van der Waals surface area contributed by atoms with Crippen LogP contribution in [0.3, 0.4) is 0 Å².